The molecule has 3 aromatic carbocycles. The summed E-state index contributed by atoms with van der Waals surface area (Å²) in [6.45, 7) is 1.96. The topological polar surface area (TPSA) is 85.9 Å². The normalized spacial score (nSPS) is 17.3. The molecule has 0 saturated heterocycles. The van der Waals surface area contributed by atoms with Gasteiger partial charge in [-0.05, 0) is 41.0 Å². The number of esters is 1. The van der Waals surface area contributed by atoms with Gasteiger partial charge in [-0.1, -0.05) is 48.5 Å². The molecule has 0 unspecified atom stereocenters. The van der Waals surface area contributed by atoms with E-state index in [0.717, 1.165) is 21.9 Å². The zero-order valence-electron chi connectivity index (χ0n) is 16.8. The first-order valence-corrected chi connectivity index (χ1v) is 9.92. The van der Waals surface area contributed by atoms with Gasteiger partial charge in [0.15, 0.2) is 11.5 Å². The molecule has 0 aromatic heterocycles. The van der Waals surface area contributed by atoms with Crippen molar-refractivity contribution in [2.75, 3.05) is 6.79 Å². The summed E-state index contributed by atoms with van der Waals surface area (Å²) in [5.74, 6) is 0.800. The van der Waals surface area contributed by atoms with Crippen molar-refractivity contribution in [3.63, 3.8) is 0 Å². The summed E-state index contributed by atoms with van der Waals surface area (Å²) in [6, 6.07) is 18.1. The molecule has 2 aliphatic rings. The standard InChI is InChI=1S/C24H20N2O5/c1-14-21(23(27)29-12-15-9-10-19-20(11-15)31-13-30-19)22(26-24(28)25-14)18-8-4-6-16-5-2-3-7-17(16)18/h2-11,22H,12-13H2,1H3,(H2,25,26,28)/t22-/m1/s1. The Balaban J connectivity index is 1.44. The quantitative estimate of drug-likeness (QED) is 0.630. The van der Waals surface area contributed by atoms with Gasteiger partial charge in [0, 0.05) is 5.70 Å². The van der Waals surface area contributed by atoms with E-state index in [1.807, 2.05) is 48.5 Å². The molecule has 0 saturated carbocycles. The molecule has 7 nitrogen and oxygen atoms in total. The van der Waals surface area contributed by atoms with Gasteiger partial charge in [0.2, 0.25) is 6.79 Å². The Hall–Kier alpha value is -4.00. The molecule has 0 fully saturated rings. The molecule has 31 heavy (non-hydrogen) atoms. The minimum Gasteiger partial charge on any atom is -0.457 e. The second kappa shape index (κ2) is 7.68. The van der Waals surface area contributed by atoms with E-state index in [-0.39, 0.29) is 19.4 Å². The number of ether oxygens (including phenoxy) is 3. The van der Waals surface area contributed by atoms with Crippen molar-refractivity contribution in [1.82, 2.24) is 10.6 Å². The highest BCUT2D eigenvalue weighted by molar-refractivity contribution is 5.97. The molecule has 0 radical (unpaired) electrons. The average Bonchev–Trinajstić information content (AvgIpc) is 3.24. The van der Waals surface area contributed by atoms with Gasteiger partial charge in [0.05, 0.1) is 11.6 Å². The number of fused-ring (bicyclic) bond motifs is 2. The van der Waals surface area contributed by atoms with Crippen molar-refractivity contribution in [3.8, 4) is 11.5 Å². The lowest BCUT2D eigenvalue weighted by molar-refractivity contribution is -0.140. The molecule has 0 bridgehead atoms. The predicted molar refractivity (Wildman–Crippen MR) is 113 cm³/mol. The van der Waals surface area contributed by atoms with Crippen molar-refractivity contribution in [1.29, 1.82) is 0 Å². The van der Waals surface area contributed by atoms with Crippen molar-refractivity contribution in [2.24, 2.45) is 0 Å². The zero-order valence-corrected chi connectivity index (χ0v) is 16.8. The number of hydrogen-bond acceptors (Lipinski definition) is 5. The molecule has 2 amide bonds. The number of benzene rings is 3. The van der Waals surface area contributed by atoms with E-state index in [2.05, 4.69) is 10.6 Å². The van der Waals surface area contributed by atoms with Crippen LogP contribution in [-0.4, -0.2) is 18.8 Å². The van der Waals surface area contributed by atoms with Crippen LogP contribution in [-0.2, 0) is 16.1 Å². The van der Waals surface area contributed by atoms with Crippen molar-refractivity contribution >= 4 is 22.8 Å². The van der Waals surface area contributed by atoms with Gasteiger partial charge in [-0.2, -0.15) is 0 Å². The molecule has 156 valence electrons. The summed E-state index contributed by atoms with van der Waals surface area (Å²) >= 11 is 0. The second-order valence-corrected chi connectivity index (χ2v) is 7.40. The van der Waals surface area contributed by atoms with Crippen LogP contribution in [0.3, 0.4) is 0 Å². The maximum atomic E-state index is 13.1. The summed E-state index contributed by atoms with van der Waals surface area (Å²) in [5, 5.41) is 7.55. The average molecular weight is 416 g/mol. The predicted octanol–water partition coefficient (Wildman–Crippen LogP) is 3.94. The maximum Gasteiger partial charge on any atom is 0.338 e. The maximum absolute atomic E-state index is 13.1. The van der Waals surface area contributed by atoms with E-state index < -0.39 is 12.0 Å². The molecular formula is C24H20N2O5. The highest BCUT2D eigenvalue weighted by Crippen LogP contribution is 2.34. The largest absolute Gasteiger partial charge is 0.457 e. The lowest BCUT2D eigenvalue weighted by Crippen LogP contribution is -2.45. The number of rotatable bonds is 4. The zero-order chi connectivity index (χ0) is 21.4. The first kappa shape index (κ1) is 19.0. The fraction of sp³-hybridized carbons (Fsp3) is 0.167. The van der Waals surface area contributed by atoms with Crippen LogP contribution >= 0.6 is 0 Å². The smallest absolute Gasteiger partial charge is 0.338 e. The molecular weight excluding hydrogens is 396 g/mol. The SMILES string of the molecule is CC1=C(C(=O)OCc2ccc3c(c2)OCO3)[C@@H](c2cccc3ccccc23)NC(=O)N1. The van der Waals surface area contributed by atoms with Crippen LogP contribution in [0.5, 0.6) is 11.5 Å². The number of carbonyl (C=O) groups excluding carboxylic acids is 2. The summed E-state index contributed by atoms with van der Waals surface area (Å²) in [5.41, 5.74) is 2.46. The van der Waals surface area contributed by atoms with Crippen LogP contribution in [0.15, 0.2) is 71.9 Å². The molecule has 0 aliphatic carbocycles. The molecule has 0 spiro atoms. The van der Waals surface area contributed by atoms with Crippen LogP contribution in [0.2, 0.25) is 0 Å². The highest BCUT2D eigenvalue weighted by Gasteiger charge is 2.33. The minimum absolute atomic E-state index is 0.0719. The van der Waals surface area contributed by atoms with Gasteiger partial charge < -0.3 is 24.8 Å². The fourth-order valence-electron chi connectivity index (χ4n) is 3.96. The number of hydrogen-bond donors (Lipinski definition) is 2. The lowest BCUT2D eigenvalue weighted by Gasteiger charge is -2.29. The molecule has 7 heteroatoms. The summed E-state index contributed by atoms with van der Waals surface area (Å²) in [7, 11) is 0. The van der Waals surface area contributed by atoms with E-state index >= 15 is 0 Å². The number of carbonyl (C=O) groups is 2. The Morgan fingerprint density at radius 2 is 1.87 bits per heavy atom. The first-order chi connectivity index (χ1) is 15.1. The summed E-state index contributed by atoms with van der Waals surface area (Å²) in [6.07, 6.45) is 0. The Kier molecular flexibility index (Phi) is 4.71. The molecule has 2 N–H and O–H groups in total. The monoisotopic (exact) mass is 416 g/mol. The molecule has 3 aromatic rings. The van der Waals surface area contributed by atoms with Gasteiger partial charge >= 0.3 is 12.0 Å². The molecule has 2 heterocycles. The number of nitrogens with one attached hydrogen (secondary N) is 2. The minimum atomic E-state index is -0.621. The van der Waals surface area contributed by atoms with Gasteiger partial charge in [0.1, 0.15) is 6.61 Å². The number of allylic oxidation sites excluding steroid dienone is 1. The molecule has 5 rings (SSSR count). The summed E-state index contributed by atoms with van der Waals surface area (Å²) in [4.78, 5) is 25.3. The Bertz CT molecular complexity index is 1230. The van der Waals surface area contributed by atoms with Crippen molar-refractivity contribution < 1.29 is 23.8 Å². The molecule has 2 aliphatic heterocycles. The molecule has 1 atom stereocenters. The number of amides is 2. The Labute approximate surface area is 178 Å². The van der Waals surface area contributed by atoms with Crippen LogP contribution in [0, 0.1) is 0 Å². The highest BCUT2D eigenvalue weighted by atomic mass is 16.7. The number of urea groups is 1. The fourth-order valence-corrected chi connectivity index (χ4v) is 3.96. The second-order valence-electron chi connectivity index (χ2n) is 7.40. The van der Waals surface area contributed by atoms with Gasteiger partial charge in [0.25, 0.3) is 0 Å². The van der Waals surface area contributed by atoms with Crippen LogP contribution in [0.1, 0.15) is 24.1 Å². The van der Waals surface area contributed by atoms with E-state index in [9.17, 15) is 9.59 Å². The van der Waals surface area contributed by atoms with E-state index in [4.69, 9.17) is 14.2 Å². The van der Waals surface area contributed by atoms with Crippen LogP contribution in [0.25, 0.3) is 10.8 Å². The van der Waals surface area contributed by atoms with E-state index in [1.54, 1.807) is 19.1 Å². The van der Waals surface area contributed by atoms with Gasteiger partial charge in [-0.3, -0.25) is 0 Å². The van der Waals surface area contributed by atoms with Gasteiger partial charge in [-0.15, -0.1) is 0 Å². The van der Waals surface area contributed by atoms with E-state index in [1.165, 1.54) is 0 Å². The summed E-state index contributed by atoms with van der Waals surface area (Å²) < 4.78 is 16.3. The van der Waals surface area contributed by atoms with Crippen molar-refractivity contribution in [2.45, 2.75) is 19.6 Å². The van der Waals surface area contributed by atoms with Crippen LogP contribution in [0.4, 0.5) is 4.79 Å². The van der Waals surface area contributed by atoms with Crippen molar-refractivity contribution in [3.05, 3.63) is 83.1 Å². The van der Waals surface area contributed by atoms with Crippen LogP contribution < -0.4 is 20.1 Å². The van der Waals surface area contributed by atoms with E-state index in [0.29, 0.717) is 22.8 Å². The Morgan fingerprint density at radius 3 is 2.77 bits per heavy atom. The third-order valence-electron chi connectivity index (χ3n) is 5.43. The third kappa shape index (κ3) is 3.54. The first-order valence-electron chi connectivity index (χ1n) is 9.92. The third-order valence-corrected chi connectivity index (χ3v) is 5.43. The Morgan fingerprint density at radius 1 is 1.06 bits per heavy atom. The van der Waals surface area contributed by atoms with Gasteiger partial charge in [-0.25, -0.2) is 9.59 Å². The lowest BCUT2D eigenvalue weighted by atomic mass is 9.91.